The van der Waals surface area contributed by atoms with Crippen LogP contribution in [0, 0.1) is 12.3 Å². The maximum absolute atomic E-state index is 7.37. The molecule has 1 aliphatic rings. The fraction of sp³-hybridized carbons (Fsp3) is 0.510. The van der Waals surface area contributed by atoms with Crippen LogP contribution in [0.1, 0.15) is 125 Å². The van der Waals surface area contributed by atoms with Crippen molar-refractivity contribution in [3.63, 3.8) is 0 Å². The van der Waals surface area contributed by atoms with E-state index in [1.165, 1.54) is 0 Å². The molecule has 4 aromatic carbocycles. The summed E-state index contributed by atoms with van der Waals surface area (Å²) in [7, 11) is 1.17. The molecule has 1 saturated heterocycles. The number of rotatable bonds is 8. The summed E-state index contributed by atoms with van der Waals surface area (Å²) in [6, 6.07) is 16.5. The summed E-state index contributed by atoms with van der Waals surface area (Å²) in [5.41, 5.74) is 6.31. The number of aryl methyl sites for hydroxylation is 1. The summed E-state index contributed by atoms with van der Waals surface area (Å²) in [5.74, 6) is 3.25. The Morgan fingerprint density at radius 3 is 1.32 bits per heavy atom. The number of fused-ring (bicyclic) bond motifs is 3. The van der Waals surface area contributed by atoms with Crippen molar-refractivity contribution in [2.75, 3.05) is 34.5 Å². The summed E-state index contributed by atoms with van der Waals surface area (Å²) in [5, 5.41) is 1.81. The van der Waals surface area contributed by atoms with E-state index in [0.717, 1.165) is 61.0 Å². The van der Waals surface area contributed by atoms with Crippen LogP contribution in [0.3, 0.4) is 0 Å². The Kier molecular flexibility index (Phi) is 12.5. The van der Waals surface area contributed by atoms with Crippen LogP contribution in [0.2, 0.25) is 0 Å². The Hall–Kier alpha value is -3.87. The smallest absolute Gasteiger partial charge is 0.453 e. The maximum Gasteiger partial charge on any atom is 0.453 e. The van der Waals surface area contributed by atoms with E-state index in [2.05, 4.69) is 122 Å². The van der Waals surface area contributed by atoms with Gasteiger partial charge in [-0.25, -0.2) is 0 Å². The Labute approximate surface area is 360 Å². The van der Waals surface area contributed by atoms with Crippen molar-refractivity contribution in [3.05, 3.63) is 76.3 Å². The second-order valence-electron chi connectivity index (χ2n) is 20.9. The molecular formula is C49H66O9P2. The highest BCUT2D eigenvalue weighted by Gasteiger charge is 2.36. The Morgan fingerprint density at radius 2 is 0.883 bits per heavy atom. The van der Waals surface area contributed by atoms with Gasteiger partial charge in [0.1, 0.15) is 39.9 Å². The van der Waals surface area contributed by atoms with E-state index < -0.39 is 22.3 Å². The first-order valence-corrected chi connectivity index (χ1v) is 22.8. The van der Waals surface area contributed by atoms with Gasteiger partial charge in [-0.3, -0.25) is 0 Å². The third kappa shape index (κ3) is 9.60. The van der Waals surface area contributed by atoms with E-state index in [1.54, 1.807) is 21.3 Å². The van der Waals surface area contributed by atoms with Crippen molar-refractivity contribution in [2.45, 2.75) is 126 Å². The molecule has 0 spiro atoms. The number of methoxy groups -OCH3 is 3. The number of hydrogen-bond acceptors (Lipinski definition) is 9. The molecule has 326 valence electrons. The van der Waals surface area contributed by atoms with Crippen LogP contribution < -0.4 is 23.3 Å². The van der Waals surface area contributed by atoms with Crippen molar-refractivity contribution >= 4 is 38.8 Å². The molecule has 9 nitrogen and oxygen atoms in total. The van der Waals surface area contributed by atoms with Crippen LogP contribution in [-0.2, 0) is 30.7 Å². The third-order valence-corrected chi connectivity index (χ3v) is 12.7. The molecule has 1 atom stereocenters. The predicted octanol–water partition coefficient (Wildman–Crippen LogP) is 15.0. The molecule has 0 aliphatic carbocycles. The van der Waals surface area contributed by atoms with Crippen molar-refractivity contribution in [2.24, 2.45) is 5.41 Å². The highest BCUT2D eigenvalue weighted by molar-refractivity contribution is 7.42. The van der Waals surface area contributed by atoms with Gasteiger partial charge in [-0.1, -0.05) is 103 Å². The summed E-state index contributed by atoms with van der Waals surface area (Å²) >= 11 is 0. The van der Waals surface area contributed by atoms with Crippen LogP contribution in [0.5, 0.6) is 28.7 Å². The summed E-state index contributed by atoms with van der Waals surface area (Å²) in [4.78, 5) is 0. The zero-order chi connectivity index (χ0) is 44.3. The fourth-order valence-corrected chi connectivity index (χ4v) is 9.88. The maximum atomic E-state index is 7.37. The summed E-state index contributed by atoms with van der Waals surface area (Å²) in [6.45, 7) is 33.5. The average Bonchev–Trinajstić information content (AvgIpc) is 3.29. The van der Waals surface area contributed by atoms with Gasteiger partial charge in [0.05, 0.1) is 34.5 Å². The minimum absolute atomic E-state index is 0.130. The topological polar surface area (TPSA) is 90.9 Å². The predicted molar refractivity (Wildman–Crippen MR) is 247 cm³/mol. The van der Waals surface area contributed by atoms with Crippen molar-refractivity contribution in [3.8, 4) is 39.9 Å². The van der Waals surface area contributed by atoms with Gasteiger partial charge in [-0.2, -0.15) is 0 Å². The van der Waals surface area contributed by atoms with Gasteiger partial charge in [-0.15, -0.1) is 0 Å². The molecule has 6 rings (SSSR count). The van der Waals surface area contributed by atoms with Gasteiger partial charge >= 0.3 is 16.8 Å². The molecule has 1 aromatic heterocycles. The van der Waals surface area contributed by atoms with Crippen LogP contribution in [0.15, 0.2) is 56.9 Å². The van der Waals surface area contributed by atoms with E-state index in [1.807, 2.05) is 30.3 Å². The molecule has 0 saturated carbocycles. The zero-order valence-electron chi connectivity index (χ0n) is 39.1. The normalized spacial score (nSPS) is 15.6. The number of hydrogen-bond donors (Lipinski definition) is 0. The first-order valence-electron chi connectivity index (χ1n) is 20.7. The first kappa shape index (κ1) is 45.7. The lowest BCUT2D eigenvalue weighted by atomic mass is 9.81. The highest BCUT2D eigenvalue weighted by Crippen LogP contribution is 2.56. The van der Waals surface area contributed by atoms with E-state index in [0.29, 0.717) is 41.8 Å². The van der Waals surface area contributed by atoms with Gasteiger partial charge in [0.2, 0.25) is 0 Å². The standard InChI is InChI=1S/C49H66O9P2/c1-29-19-33-34-21-30(50-16)25-39(47(8,9)10)43(34)57-60(56-41(33)37(20-29)45(2,3)4)58-44-36(23-32(52-18)26-40(44)48(11,12)13)35-22-31(51-17)24-38(46(5,6)7)42(35)55-59-53-27-49(14,15)28-54-59/h19-26H,27-28H2,1-18H3. The van der Waals surface area contributed by atoms with Crippen LogP contribution >= 0.6 is 16.8 Å². The largest absolute Gasteiger partial charge is 0.497 e. The molecule has 0 amide bonds. The molecule has 5 aromatic rings. The van der Waals surface area contributed by atoms with Gasteiger partial charge in [0.25, 0.3) is 0 Å². The Morgan fingerprint density at radius 1 is 0.500 bits per heavy atom. The molecule has 1 unspecified atom stereocenters. The lowest BCUT2D eigenvalue weighted by Gasteiger charge is -2.34. The summed E-state index contributed by atoms with van der Waals surface area (Å²) < 4.78 is 59.0. The van der Waals surface area contributed by atoms with Crippen molar-refractivity contribution in [1.82, 2.24) is 0 Å². The van der Waals surface area contributed by atoms with Gasteiger partial charge in [0, 0.05) is 49.6 Å². The minimum Gasteiger partial charge on any atom is -0.497 e. The van der Waals surface area contributed by atoms with Gasteiger partial charge in [-0.05, 0) is 76.6 Å². The molecule has 11 heteroatoms. The zero-order valence-corrected chi connectivity index (χ0v) is 40.9. The van der Waals surface area contributed by atoms with Crippen molar-refractivity contribution < 1.29 is 40.7 Å². The van der Waals surface area contributed by atoms with Crippen LogP contribution in [0.4, 0.5) is 0 Å². The summed E-state index contributed by atoms with van der Waals surface area (Å²) in [6.07, 6.45) is 0. The highest BCUT2D eigenvalue weighted by atomic mass is 31.2. The van der Waals surface area contributed by atoms with Gasteiger partial charge < -0.3 is 40.7 Å². The minimum atomic E-state index is -2.16. The average molecular weight is 861 g/mol. The van der Waals surface area contributed by atoms with Crippen LogP contribution in [-0.4, -0.2) is 34.5 Å². The molecule has 60 heavy (non-hydrogen) atoms. The lowest BCUT2D eigenvalue weighted by molar-refractivity contribution is 0.0425. The molecule has 2 heterocycles. The molecule has 0 radical (unpaired) electrons. The van der Waals surface area contributed by atoms with Crippen LogP contribution in [0.25, 0.3) is 33.1 Å². The van der Waals surface area contributed by atoms with Gasteiger partial charge in [0.15, 0.2) is 0 Å². The molecule has 1 fully saturated rings. The molecule has 0 bridgehead atoms. The Balaban J connectivity index is 1.76. The fourth-order valence-electron chi connectivity index (χ4n) is 7.30. The first-order chi connectivity index (χ1) is 27.7. The van der Waals surface area contributed by atoms with E-state index in [9.17, 15) is 0 Å². The quantitative estimate of drug-likeness (QED) is 0.141. The number of ether oxygens (including phenoxy) is 3. The Bertz CT molecular complexity index is 2430. The third-order valence-electron chi connectivity index (χ3n) is 10.7. The van der Waals surface area contributed by atoms with E-state index in [-0.39, 0.29) is 21.7 Å². The van der Waals surface area contributed by atoms with E-state index in [4.69, 9.17) is 40.7 Å². The number of benzene rings is 4. The lowest BCUT2D eigenvalue weighted by Crippen LogP contribution is -2.29. The SMILES string of the molecule is COc1cc(-c2cc(OC)cc(C(C)(C)C)c2Op2oc3c(C(C)(C)C)cc(C)cc3c3cc(OC)cc(C(C)(C)C)c3o2)c(OP2OCC(C)(C)CO2)c(C(C)(C)C)c1. The molecule has 0 N–H and O–H groups in total. The second kappa shape index (κ2) is 16.4. The molecule has 1 aliphatic heterocycles. The molecular weight excluding hydrogens is 794 g/mol. The second-order valence-corrected chi connectivity index (χ2v) is 23.0. The van der Waals surface area contributed by atoms with Crippen molar-refractivity contribution in [1.29, 1.82) is 0 Å². The monoisotopic (exact) mass is 860 g/mol. The van der Waals surface area contributed by atoms with E-state index >= 15 is 0 Å².